The van der Waals surface area contributed by atoms with E-state index in [9.17, 15) is 0 Å². The quantitative estimate of drug-likeness (QED) is 0.903. The molecule has 0 radical (unpaired) electrons. The fraction of sp³-hybridized carbons (Fsp3) is 0.333. The topological polar surface area (TPSA) is 24.5 Å². The molecular weight excluding hydrogens is 340 g/mol. The van der Waals surface area contributed by atoms with Crippen molar-refractivity contribution >= 4 is 15.9 Å². The zero-order valence-electron chi connectivity index (χ0n) is 12.8. The average molecular weight is 361 g/mol. The van der Waals surface area contributed by atoms with Crippen LogP contribution in [0.1, 0.15) is 17.2 Å². The van der Waals surface area contributed by atoms with Crippen molar-refractivity contribution < 1.29 is 4.74 Å². The second-order valence-corrected chi connectivity index (χ2v) is 6.34. The summed E-state index contributed by atoms with van der Waals surface area (Å²) in [6.07, 6.45) is 0. The average Bonchev–Trinajstić information content (AvgIpc) is 2.58. The Bertz CT molecular complexity index is 609. The summed E-state index contributed by atoms with van der Waals surface area (Å²) in [6.45, 7) is 4.18. The van der Waals surface area contributed by atoms with Crippen molar-refractivity contribution in [2.45, 2.75) is 6.04 Å². The first-order chi connectivity index (χ1) is 10.8. The van der Waals surface area contributed by atoms with Crippen molar-refractivity contribution in [2.75, 3.05) is 33.3 Å². The van der Waals surface area contributed by atoms with Gasteiger partial charge in [0.15, 0.2) is 0 Å². The summed E-state index contributed by atoms with van der Waals surface area (Å²) in [7, 11) is 1.70. The third-order valence-corrected chi connectivity index (χ3v) is 4.87. The van der Waals surface area contributed by atoms with Crippen LogP contribution in [0.25, 0.3) is 0 Å². The lowest BCUT2D eigenvalue weighted by Crippen LogP contribution is -2.45. The molecule has 1 N–H and O–H groups in total. The van der Waals surface area contributed by atoms with Crippen LogP contribution in [0.5, 0.6) is 5.75 Å². The molecule has 4 heteroatoms. The van der Waals surface area contributed by atoms with Gasteiger partial charge in [0.25, 0.3) is 0 Å². The fourth-order valence-electron chi connectivity index (χ4n) is 3.01. The Kier molecular flexibility index (Phi) is 5.13. The van der Waals surface area contributed by atoms with E-state index in [0.717, 1.165) is 36.4 Å². The molecular formula is C18H21BrN2O. The number of halogens is 1. The minimum absolute atomic E-state index is 0.267. The minimum atomic E-state index is 0.267. The van der Waals surface area contributed by atoms with E-state index in [1.807, 2.05) is 12.1 Å². The van der Waals surface area contributed by atoms with Crippen molar-refractivity contribution in [2.24, 2.45) is 0 Å². The van der Waals surface area contributed by atoms with Gasteiger partial charge >= 0.3 is 0 Å². The molecule has 1 fully saturated rings. The van der Waals surface area contributed by atoms with E-state index in [1.165, 1.54) is 11.1 Å². The van der Waals surface area contributed by atoms with Gasteiger partial charge in [0.2, 0.25) is 0 Å². The van der Waals surface area contributed by atoms with Gasteiger partial charge in [0.05, 0.1) is 13.2 Å². The smallest absolute Gasteiger partial charge is 0.118 e. The van der Waals surface area contributed by atoms with Crippen molar-refractivity contribution in [1.29, 1.82) is 0 Å². The number of hydrogen-bond donors (Lipinski definition) is 1. The molecule has 1 unspecified atom stereocenters. The molecule has 3 rings (SSSR count). The molecule has 0 amide bonds. The molecule has 0 saturated carbocycles. The highest BCUT2D eigenvalue weighted by molar-refractivity contribution is 9.10. The predicted molar refractivity (Wildman–Crippen MR) is 93.4 cm³/mol. The van der Waals surface area contributed by atoms with Gasteiger partial charge in [-0.3, -0.25) is 4.90 Å². The van der Waals surface area contributed by atoms with Gasteiger partial charge in [0, 0.05) is 30.7 Å². The third kappa shape index (κ3) is 3.35. The summed E-state index contributed by atoms with van der Waals surface area (Å²) in [4.78, 5) is 2.54. The number of nitrogens with one attached hydrogen (secondary N) is 1. The SMILES string of the molecule is COc1ccc(C(c2ccccc2Br)N2CCNCC2)cc1. The fourth-order valence-corrected chi connectivity index (χ4v) is 3.51. The first-order valence-electron chi connectivity index (χ1n) is 7.63. The molecule has 3 nitrogen and oxygen atoms in total. The number of piperazine rings is 1. The van der Waals surface area contributed by atoms with E-state index < -0.39 is 0 Å². The second kappa shape index (κ2) is 7.27. The van der Waals surface area contributed by atoms with Crippen LogP contribution < -0.4 is 10.1 Å². The van der Waals surface area contributed by atoms with Gasteiger partial charge in [-0.2, -0.15) is 0 Å². The summed E-state index contributed by atoms with van der Waals surface area (Å²) in [6, 6.07) is 17.2. The van der Waals surface area contributed by atoms with Gasteiger partial charge < -0.3 is 10.1 Å². The lowest BCUT2D eigenvalue weighted by Gasteiger charge is -2.36. The number of rotatable bonds is 4. The highest BCUT2D eigenvalue weighted by atomic mass is 79.9. The van der Waals surface area contributed by atoms with E-state index in [-0.39, 0.29) is 6.04 Å². The highest BCUT2D eigenvalue weighted by Gasteiger charge is 2.25. The van der Waals surface area contributed by atoms with E-state index in [0.29, 0.717) is 0 Å². The van der Waals surface area contributed by atoms with Gasteiger partial charge in [-0.15, -0.1) is 0 Å². The summed E-state index contributed by atoms with van der Waals surface area (Å²) >= 11 is 3.72. The monoisotopic (exact) mass is 360 g/mol. The molecule has 116 valence electrons. The predicted octanol–water partition coefficient (Wildman–Crippen LogP) is 3.45. The number of ether oxygens (including phenoxy) is 1. The molecule has 2 aromatic rings. The Morgan fingerprint density at radius 1 is 1.05 bits per heavy atom. The van der Waals surface area contributed by atoms with Crippen LogP contribution in [0.15, 0.2) is 53.0 Å². The largest absolute Gasteiger partial charge is 0.497 e. The molecule has 1 saturated heterocycles. The maximum Gasteiger partial charge on any atom is 0.118 e. The van der Waals surface area contributed by atoms with Gasteiger partial charge in [-0.25, -0.2) is 0 Å². The third-order valence-electron chi connectivity index (χ3n) is 4.15. The maximum absolute atomic E-state index is 5.29. The van der Waals surface area contributed by atoms with E-state index in [4.69, 9.17) is 4.74 Å². The summed E-state index contributed by atoms with van der Waals surface area (Å²) in [5.41, 5.74) is 2.61. The number of nitrogens with zero attached hydrogens (tertiary/aromatic N) is 1. The van der Waals surface area contributed by atoms with E-state index >= 15 is 0 Å². The second-order valence-electron chi connectivity index (χ2n) is 5.48. The summed E-state index contributed by atoms with van der Waals surface area (Å²) < 4.78 is 6.45. The maximum atomic E-state index is 5.29. The molecule has 1 heterocycles. The van der Waals surface area contributed by atoms with Crippen LogP contribution in [-0.2, 0) is 0 Å². The number of hydrogen-bond acceptors (Lipinski definition) is 3. The zero-order valence-corrected chi connectivity index (χ0v) is 14.3. The van der Waals surface area contributed by atoms with E-state index in [1.54, 1.807) is 7.11 Å². The molecule has 0 aliphatic carbocycles. The molecule has 0 aromatic heterocycles. The Balaban J connectivity index is 1.99. The number of methoxy groups -OCH3 is 1. The van der Waals surface area contributed by atoms with Gasteiger partial charge in [0.1, 0.15) is 5.75 Å². The zero-order chi connectivity index (χ0) is 15.4. The lowest BCUT2D eigenvalue weighted by molar-refractivity contribution is 0.198. The molecule has 1 aliphatic rings. The van der Waals surface area contributed by atoms with E-state index in [2.05, 4.69) is 62.5 Å². The summed E-state index contributed by atoms with van der Waals surface area (Å²) in [5.74, 6) is 0.898. The first kappa shape index (κ1) is 15.5. The Morgan fingerprint density at radius 3 is 2.36 bits per heavy atom. The molecule has 0 bridgehead atoms. The highest BCUT2D eigenvalue weighted by Crippen LogP contribution is 2.34. The van der Waals surface area contributed by atoms with Crippen molar-refractivity contribution in [3.63, 3.8) is 0 Å². The van der Waals surface area contributed by atoms with Crippen LogP contribution in [0.3, 0.4) is 0 Å². The van der Waals surface area contributed by atoms with Crippen molar-refractivity contribution in [3.05, 3.63) is 64.1 Å². The van der Waals surface area contributed by atoms with Crippen LogP contribution in [0, 0.1) is 0 Å². The van der Waals surface area contributed by atoms with Gasteiger partial charge in [-0.1, -0.05) is 46.3 Å². The van der Waals surface area contributed by atoms with Crippen LogP contribution in [0.2, 0.25) is 0 Å². The Morgan fingerprint density at radius 2 is 1.73 bits per heavy atom. The lowest BCUT2D eigenvalue weighted by atomic mass is 9.96. The normalized spacial score (nSPS) is 17.2. The van der Waals surface area contributed by atoms with Gasteiger partial charge in [-0.05, 0) is 29.3 Å². The standard InChI is InChI=1S/C18H21BrN2O/c1-22-15-8-6-14(7-9-15)18(21-12-10-20-11-13-21)16-4-2-3-5-17(16)19/h2-9,18,20H,10-13H2,1H3. The van der Waals surface area contributed by atoms with Crippen molar-refractivity contribution in [3.8, 4) is 5.75 Å². The molecule has 1 atom stereocenters. The molecule has 0 spiro atoms. The minimum Gasteiger partial charge on any atom is -0.497 e. The molecule has 22 heavy (non-hydrogen) atoms. The Hall–Kier alpha value is -1.36. The van der Waals surface area contributed by atoms with Crippen LogP contribution in [-0.4, -0.2) is 38.2 Å². The van der Waals surface area contributed by atoms with Crippen LogP contribution in [0.4, 0.5) is 0 Å². The first-order valence-corrected chi connectivity index (χ1v) is 8.42. The molecule has 1 aliphatic heterocycles. The van der Waals surface area contributed by atoms with Crippen molar-refractivity contribution in [1.82, 2.24) is 10.2 Å². The molecule has 2 aromatic carbocycles. The summed E-state index contributed by atoms with van der Waals surface area (Å²) in [5, 5.41) is 3.43. The number of benzene rings is 2. The Labute approximate surface area is 140 Å². The van der Waals surface area contributed by atoms with Crippen LogP contribution >= 0.6 is 15.9 Å².